The van der Waals surface area contributed by atoms with E-state index in [1.165, 1.54) is 24.3 Å². The first-order valence-electron chi connectivity index (χ1n) is 6.26. The molecule has 1 aromatic rings. The van der Waals surface area contributed by atoms with Gasteiger partial charge in [-0.2, -0.15) is 0 Å². The predicted octanol–water partition coefficient (Wildman–Crippen LogP) is 0.831. The fraction of sp³-hybridized carbons (Fsp3) is 0.429. The van der Waals surface area contributed by atoms with E-state index in [4.69, 9.17) is 0 Å². The maximum absolute atomic E-state index is 13.3. The molecule has 0 radical (unpaired) electrons. The average molecular weight is 282 g/mol. The quantitative estimate of drug-likeness (QED) is 0.748. The summed E-state index contributed by atoms with van der Waals surface area (Å²) in [4.78, 5) is 23.3. The highest BCUT2D eigenvalue weighted by Crippen LogP contribution is 2.08. The third-order valence-electron chi connectivity index (χ3n) is 3.03. The van der Waals surface area contributed by atoms with E-state index >= 15 is 0 Å². The van der Waals surface area contributed by atoms with Crippen molar-refractivity contribution >= 4 is 11.8 Å². The maximum Gasteiger partial charge on any atom is 0.254 e. The Morgan fingerprint density at radius 1 is 1.35 bits per heavy atom. The predicted molar refractivity (Wildman–Crippen MR) is 72.6 cm³/mol. The van der Waals surface area contributed by atoms with Crippen LogP contribution in [-0.4, -0.2) is 35.1 Å². The van der Waals surface area contributed by atoms with Crippen LogP contribution >= 0.6 is 0 Å². The SMILES string of the molecule is CC(O)C(C)(C)NC(=O)CNC(=O)c1ccccc1F. The van der Waals surface area contributed by atoms with Crippen LogP contribution in [0.1, 0.15) is 31.1 Å². The molecule has 5 nitrogen and oxygen atoms in total. The number of benzene rings is 1. The van der Waals surface area contributed by atoms with Crippen LogP contribution in [0.2, 0.25) is 0 Å². The zero-order chi connectivity index (χ0) is 15.3. The van der Waals surface area contributed by atoms with Crippen LogP contribution in [0.25, 0.3) is 0 Å². The van der Waals surface area contributed by atoms with Gasteiger partial charge < -0.3 is 15.7 Å². The number of carbonyl (C=O) groups is 2. The van der Waals surface area contributed by atoms with E-state index in [0.29, 0.717) is 0 Å². The van der Waals surface area contributed by atoms with Crippen LogP contribution in [0.5, 0.6) is 0 Å². The molecular weight excluding hydrogens is 263 g/mol. The summed E-state index contributed by atoms with van der Waals surface area (Å²) < 4.78 is 13.3. The fourth-order valence-electron chi connectivity index (χ4n) is 1.41. The normalized spacial score (nSPS) is 12.7. The standard InChI is InChI=1S/C14H19FN2O3/c1-9(18)14(2,3)17-12(19)8-16-13(20)10-6-4-5-7-11(10)15/h4-7,9,18H,8H2,1-3H3,(H,16,20)(H,17,19). The Labute approximate surface area is 117 Å². The van der Waals surface area contributed by atoms with Crippen molar-refractivity contribution in [3.63, 3.8) is 0 Å². The van der Waals surface area contributed by atoms with Gasteiger partial charge in [0.1, 0.15) is 5.82 Å². The Balaban J connectivity index is 2.54. The lowest BCUT2D eigenvalue weighted by Gasteiger charge is -2.29. The fourth-order valence-corrected chi connectivity index (χ4v) is 1.41. The van der Waals surface area contributed by atoms with Crippen LogP contribution in [0.4, 0.5) is 4.39 Å². The first kappa shape index (κ1) is 16.1. The van der Waals surface area contributed by atoms with Gasteiger partial charge >= 0.3 is 0 Å². The Morgan fingerprint density at radius 2 is 1.95 bits per heavy atom. The minimum atomic E-state index is -0.806. The molecule has 0 saturated carbocycles. The number of hydrogen-bond acceptors (Lipinski definition) is 3. The smallest absolute Gasteiger partial charge is 0.254 e. The number of halogens is 1. The Hall–Kier alpha value is -1.95. The highest BCUT2D eigenvalue weighted by atomic mass is 19.1. The van der Waals surface area contributed by atoms with Crippen molar-refractivity contribution in [3.8, 4) is 0 Å². The molecule has 110 valence electrons. The third-order valence-corrected chi connectivity index (χ3v) is 3.03. The van der Waals surface area contributed by atoms with Gasteiger partial charge in [-0.15, -0.1) is 0 Å². The molecule has 0 saturated heterocycles. The molecular formula is C14H19FN2O3. The van der Waals surface area contributed by atoms with E-state index in [9.17, 15) is 19.1 Å². The lowest BCUT2D eigenvalue weighted by molar-refractivity contribution is -0.123. The van der Waals surface area contributed by atoms with Crippen molar-refractivity contribution < 1.29 is 19.1 Å². The first-order chi connectivity index (χ1) is 9.24. The molecule has 1 aromatic carbocycles. The zero-order valence-corrected chi connectivity index (χ0v) is 11.7. The molecule has 0 spiro atoms. The highest BCUT2D eigenvalue weighted by molar-refractivity contribution is 5.96. The van der Waals surface area contributed by atoms with Gasteiger partial charge in [0.15, 0.2) is 0 Å². The summed E-state index contributed by atoms with van der Waals surface area (Å²) in [6.07, 6.45) is -0.742. The van der Waals surface area contributed by atoms with Crippen LogP contribution in [0, 0.1) is 5.82 Å². The second-order valence-electron chi connectivity index (χ2n) is 5.11. The van der Waals surface area contributed by atoms with Crippen molar-refractivity contribution in [2.45, 2.75) is 32.4 Å². The van der Waals surface area contributed by atoms with E-state index in [-0.39, 0.29) is 12.1 Å². The molecule has 0 aromatic heterocycles. The highest BCUT2D eigenvalue weighted by Gasteiger charge is 2.26. The largest absolute Gasteiger partial charge is 0.391 e. The summed E-state index contributed by atoms with van der Waals surface area (Å²) >= 11 is 0. The molecule has 0 aliphatic rings. The summed E-state index contributed by atoms with van der Waals surface area (Å²) in [6.45, 7) is 4.59. The van der Waals surface area contributed by atoms with E-state index in [0.717, 1.165) is 0 Å². The van der Waals surface area contributed by atoms with Crippen molar-refractivity contribution in [2.75, 3.05) is 6.54 Å². The Morgan fingerprint density at radius 3 is 2.50 bits per heavy atom. The molecule has 1 rings (SSSR count). The van der Waals surface area contributed by atoms with Gasteiger partial charge in [-0.3, -0.25) is 9.59 Å². The molecule has 6 heteroatoms. The number of hydrogen-bond donors (Lipinski definition) is 3. The molecule has 3 N–H and O–H groups in total. The number of aliphatic hydroxyl groups is 1. The molecule has 1 atom stereocenters. The topological polar surface area (TPSA) is 78.4 Å². The summed E-state index contributed by atoms with van der Waals surface area (Å²) in [5, 5.41) is 14.4. The van der Waals surface area contributed by atoms with Crippen LogP contribution in [0.3, 0.4) is 0 Å². The van der Waals surface area contributed by atoms with Crippen molar-refractivity contribution in [1.29, 1.82) is 0 Å². The third kappa shape index (κ3) is 4.31. The van der Waals surface area contributed by atoms with Crippen LogP contribution in [-0.2, 0) is 4.79 Å². The van der Waals surface area contributed by atoms with Crippen molar-refractivity contribution in [1.82, 2.24) is 10.6 Å². The van der Waals surface area contributed by atoms with E-state index in [1.54, 1.807) is 20.8 Å². The first-order valence-corrected chi connectivity index (χ1v) is 6.26. The summed E-state index contributed by atoms with van der Waals surface area (Å²) in [6, 6.07) is 5.52. The van der Waals surface area contributed by atoms with Gasteiger partial charge in [-0.25, -0.2) is 4.39 Å². The molecule has 0 aliphatic heterocycles. The lowest BCUT2D eigenvalue weighted by Crippen LogP contribution is -2.53. The van der Waals surface area contributed by atoms with Gasteiger partial charge in [-0.05, 0) is 32.9 Å². The van der Waals surface area contributed by atoms with Crippen LogP contribution in [0.15, 0.2) is 24.3 Å². The number of carbonyl (C=O) groups excluding carboxylic acids is 2. The van der Waals surface area contributed by atoms with E-state index < -0.39 is 29.3 Å². The molecule has 20 heavy (non-hydrogen) atoms. The van der Waals surface area contributed by atoms with Gasteiger partial charge in [0.25, 0.3) is 5.91 Å². The van der Waals surface area contributed by atoms with Gasteiger partial charge in [0.2, 0.25) is 5.91 Å². The summed E-state index contributed by atoms with van der Waals surface area (Å²) in [5.41, 5.74) is -0.921. The number of aliphatic hydroxyl groups excluding tert-OH is 1. The number of nitrogens with one attached hydrogen (secondary N) is 2. The average Bonchev–Trinajstić information content (AvgIpc) is 2.35. The van der Waals surface area contributed by atoms with E-state index in [2.05, 4.69) is 10.6 Å². The zero-order valence-electron chi connectivity index (χ0n) is 11.7. The molecule has 2 amide bonds. The second-order valence-corrected chi connectivity index (χ2v) is 5.11. The monoisotopic (exact) mass is 282 g/mol. The van der Waals surface area contributed by atoms with Gasteiger partial charge in [0, 0.05) is 0 Å². The Kier molecular flexibility index (Phi) is 5.21. The molecule has 1 unspecified atom stereocenters. The number of amides is 2. The second kappa shape index (κ2) is 6.47. The summed E-state index contributed by atoms with van der Waals surface area (Å²) in [5.74, 6) is -1.76. The lowest BCUT2D eigenvalue weighted by atomic mass is 9.99. The summed E-state index contributed by atoms with van der Waals surface area (Å²) in [7, 11) is 0. The van der Waals surface area contributed by atoms with Gasteiger partial charge in [-0.1, -0.05) is 12.1 Å². The maximum atomic E-state index is 13.3. The Bertz CT molecular complexity index is 501. The molecule has 0 heterocycles. The van der Waals surface area contributed by atoms with Gasteiger partial charge in [0.05, 0.1) is 23.8 Å². The molecule has 0 aliphatic carbocycles. The van der Waals surface area contributed by atoms with Crippen molar-refractivity contribution in [3.05, 3.63) is 35.6 Å². The van der Waals surface area contributed by atoms with Crippen LogP contribution < -0.4 is 10.6 Å². The minimum absolute atomic E-state index is 0.116. The molecule has 0 fully saturated rings. The minimum Gasteiger partial charge on any atom is -0.391 e. The molecule has 0 bridgehead atoms. The van der Waals surface area contributed by atoms with Crippen molar-refractivity contribution in [2.24, 2.45) is 0 Å². The number of rotatable bonds is 5. The van der Waals surface area contributed by atoms with E-state index in [1.807, 2.05) is 0 Å².